The molecule has 5 heterocycles. The van der Waals surface area contributed by atoms with Gasteiger partial charge in [0.05, 0.1) is 0 Å². The Kier molecular flexibility index (Phi) is 12.9. The Morgan fingerprint density at radius 3 is 1.55 bits per heavy atom. The molecule has 0 saturated heterocycles. The molecule has 4 saturated carbocycles. The first-order chi connectivity index (χ1) is 39.9. The van der Waals surface area contributed by atoms with Crippen LogP contribution in [0.5, 0.6) is 23.0 Å². The Labute approximate surface area is 485 Å². The van der Waals surface area contributed by atoms with E-state index in [2.05, 4.69) is 133 Å². The molecule has 9 aliphatic rings. The van der Waals surface area contributed by atoms with E-state index in [0.29, 0.717) is 52.6 Å². The van der Waals surface area contributed by atoms with Crippen LogP contribution in [0, 0.1) is 35.5 Å². The first-order valence-electron chi connectivity index (χ1n) is 32.2. The van der Waals surface area contributed by atoms with Crippen molar-refractivity contribution in [2.75, 3.05) is 6.66 Å². The topological polar surface area (TPSA) is 89.4 Å². The standard InChI is InChI=1S/C73H83NO6P2/c1-45-29-33-57-39-49-18-14-24-52(40-50(35-45)37-49)65-44-56-23-8-12-28-62(56)69-66-59-25-9-5-20-53(59)41-58-38-47-17-13-16-46-15-3-4-19-51(34-32-48(36-46)31-30-47)63-42-54-21-6-10-26-60(54)67-68-61-27-11-7-22-55(61)43-64(57)72(68)78-81(75,77-71(63)67)74-82(2,76,79-70(58)66)80-73(65)69/h5-12,20-23,25-28,41-52,57,74-76,81H,3-4,13-19,24,29-40H2,1-2H3/t45-,46?,47?,48?,49-,50-,51?,52?,57?/m0/s1. The zero-order valence-corrected chi connectivity index (χ0v) is 50.2. The van der Waals surface area contributed by atoms with E-state index in [4.69, 9.17) is 18.1 Å². The zero-order chi connectivity index (χ0) is 54.9. The van der Waals surface area contributed by atoms with Gasteiger partial charge in [-0.2, -0.15) is 0 Å². The molecule has 0 amide bonds. The molecule has 0 spiro atoms. The molecule has 0 radical (unpaired) electrons. The number of benzene rings is 8. The fourth-order valence-corrected chi connectivity index (χ4v) is 24.0. The van der Waals surface area contributed by atoms with Gasteiger partial charge in [-0.1, -0.05) is 0 Å². The predicted octanol–water partition coefficient (Wildman–Crippen LogP) is 20.5. The van der Waals surface area contributed by atoms with E-state index in [0.717, 1.165) is 167 Å². The van der Waals surface area contributed by atoms with Crippen molar-refractivity contribution >= 4 is 58.6 Å². The minimum absolute atomic E-state index is 0.167. The quantitative estimate of drug-likeness (QED) is 0.130. The van der Waals surface area contributed by atoms with Crippen LogP contribution in [0.2, 0.25) is 0 Å². The molecule has 8 aromatic rings. The van der Waals surface area contributed by atoms with Crippen molar-refractivity contribution in [1.29, 1.82) is 0 Å². The van der Waals surface area contributed by atoms with E-state index in [1.165, 1.54) is 67.5 Å². The van der Waals surface area contributed by atoms with Crippen LogP contribution in [-0.4, -0.2) is 16.5 Å². The molecule has 14 bridgehead atoms. The molecule has 6 unspecified atom stereocenters. The van der Waals surface area contributed by atoms with E-state index < -0.39 is 15.5 Å². The summed E-state index contributed by atoms with van der Waals surface area (Å²) in [5.74, 6) is 6.55. The second-order valence-electron chi connectivity index (χ2n) is 27.8. The summed E-state index contributed by atoms with van der Waals surface area (Å²) >= 11 is 0. The van der Waals surface area contributed by atoms with Gasteiger partial charge in [0.1, 0.15) is 0 Å². The second-order valence-corrected chi connectivity index (χ2v) is 33.3. The van der Waals surface area contributed by atoms with E-state index in [9.17, 15) is 9.79 Å². The van der Waals surface area contributed by atoms with Crippen molar-refractivity contribution in [1.82, 2.24) is 4.86 Å². The Hall–Kier alpha value is -5.26. The molecular weight excluding hydrogens is 1050 g/mol. The van der Waals surface area contributed by atoms with Gasteiger partial charge < -0.3 is 0 Å². The summed E-state index contributed by atoms with van der Waals surface area (Å²) in [5, 5.41) is 8.96. The average molecular weight is 1130 g/mol. The maximum atomic E-state index is 14.9. The average Bonchev–Trinajstić information content (AvgIpc) is 2.73. The molecular formula is C73H83NO6P2. The number of hydrogen-bond acceptors (Lipinski definition) is 7. The van der Waals surface area contributed by atoms with E-state index in [-0.39, 0.29) is 17.8 Å². The number of nitrogens with one attached hydrogen (secondary N) is 1. The van der Waals surface area contributed by atoms with Crippen molar-refractivity contribution in [2.45, 2.75) is 166 Å². The summed E-state index contributed by atoms with van der Waals surface area (Å²) in [5.41, 5.74) is 8.39. The Bertz CT molecular complexity index is 3860. The Morgan fingerprint density at radius 1 is 0.427 bits per heavy atom. The minimum atomic E-state index is -5.50. The third-order valence-electron chi connectivity index (χ3n) is 22.0. The van der Waals surface area contributed by atoms with Gasteiger partial charge in [-0.25, -0.2) is 0 Å². The molecule has 5 aliphatic heterocycles. The van der Waals surface area contributed by atoms with Gasteiger partial charge >= 0.3 is 488 Å². The van der Waals surface area contributed by atoms with Crippen molar-refractivity contribution < 1.29 is 27.9 Å². The summed E-state index contributed by atoms with van der Waals surface area (Å²) in [6, 6.07) is 45.1. The van der Waals surface area contributed by atoms with Gasteiger partial charge in [-0.3, -0.25) is 0 Å². The molecule has 82 heavy (non-hydrogen) atoms. The third kappa shape index (κ3) is 9.24. The predicted molar refractivity (Wildman–Crippen MR) is 341 cm³/mol. The molecule has 0 aromatic heterocycles. The van der Waals surface area contributed by atoms with Crippen LogP contribution >= 0.6 is 15.5 Å². The van der Waals surface area contributed by atoms with Crippen LogP contribution in [0.4, 0.5) is 0 Å². The normalized spacial score (nSPS) is 29.9. The Morgan fingerprint density at radius 2 is 0.866 bits per heavy atom. The van der Waals surface area contributed by atoms with Gasteiger partial charge in [-0.05, 0) is 0 Å². The maximum absolute atomic E-state index is 14.9. The molecule has 7 nitrogen and oxygen atoms in total. The van der Waals surface area contributed by atoms with Crippen molar-refractivity contribution in [2.24, 2.45) is 35.5 Å². The van der Waals surface area contributed by atoms with E-state index in [1.807, 2.05) is 0 Å². The molecule has 17 rings (SSSR count). The molecule has 4 fully saturated rings. The fraction of sp³-hybridized carbons (Fsp3) is 0.452. The third-order valence-corrected chi connectivity index (χ3v) is 27.4. The van der Waals surface area contributed by atoms with Crippen LogP contribution < -0.4 is 23.0 Å². The first-order valence-corrected chi connectivity index (χ1v) is 36.5. The summed E-state index contributed by atoms with van der Waals surface area (Å²) in [6.45, 7) is 4.24. The number of hydrogen-bond donors (Lipinski definition) is 3. The molecule has 8 aromatic carbocycles. The first kappa shape index (κ1) is 52.3. The SMILES string of the molecule is C[C@H]1CCC2C[C@H]3CCCC(C[C@@H](C1)C3)c1cc3ccccc3c3c1OP1(C)(O)N[PH]4(O)Oc5c(cc6ccccc6c5-c5c(c2cc2ccccc52)O4)C2CCCCC4CCCC(CCC(CC2)C4)Cc2cc4ccccc4c-3c2O1. The van der Waals surface area contributed by atoms with Crippen LogP contribution in [0.15, 0.2) is 121 Å². The number of rotatable bonds is 0. The summed E-state index contributed by atoms with van der Waals surface area (Å²) < 4.78 is 31.4. The van der Waals surface area contributed by atoms with E-state index in [1.54, 1.807) is 6.66 Å². The fourth-order valence-electron chi connectivity index (χ4n) is 18.4. The Balaban J connectivity index is 1.06. The van der Waals surface area contributed by atoms with Crippen molar-refractivity contribution in [3.8, 4) is 45.3 Å². The van der Waals surface area contributed by atoms with Crippen LogP contribution in [-0.2, 0) is 6.42 Å². The molecule has 9 heteroatoms. The van der Waals surface area contributed by atoms with Gasteiger partial charge in [0.15, 0.2) is 0 Å². The van der Waals surface area contributed by atoms with Gasteiger partial charge in [0, 0.05) is 0 Å². The summed E-state index contributed by atoms with van der Waals surface area (Å²) in [7, 11) is -10.5. The van der Waals surface area contributed by atoms with Crippen LogP contribution in [0.1, 0.15) is 182 Å². The summed E-state index contributed by atoms with van der Waals surface area (Å²) in [4.78, 5) is 33.2. The van der Waals surface area contributed by atoms with Crippen molar-refractivity contribution in [3.63, 3.8) is 0 Å². The van der Waals surface area contributed by atoms with Crippen LogP contribution in [0.25, 0.3) is 65.3 Å². The zero-order valence-electron chi connectivity index (χ0n) is 48.3. The summed E-state index contributed by atoms with van der Waals surface area (Å²) in [6.07, 6.45) is 25.0. The van der Waals surface area contributed by atoms with Crippen molar-refractivity contribution in [3.05, 3.63) is 144 Å². The molecule has 9 atom stereocenters. The number of fused-ring (bicyclic) bond motifs is 18. The van der Waals surface area contributed by atoms with Gasteiger partial charge in [0.25, 0.3) is 0 Å². The van der Waals surface area contributed by atoms with E-state index >= 15 is 0 Å². The van der Waals surface area contributed by atoms with Gasteiger partial charge in [0.2, 0.25) is 0 Å². The monoisotopic (exact) mass is 1130 g/mol. The molecule has 3 N–H and O–H groups in total. The molecule has 426 valence electrons. The van der Waals surface area contributed by atoms with Gasteiger partial charge in [-0.15, -0.1) is 0 Å². The molecule has 4 aliphatic carbocycles. The second kappa shape index (κ2) is 20.2. The van der Waals surface area contributed by atoms with Crippen LogP contribution in [0.3, 0.4) is 0 Å².